The normalized spacial score (nSPS) is 18.1. The van der Waals surface area contributed by atoms with Crippen molar-refractivity contribution < 1.29 is 13.2 Å². The van der Waals surface area contributed by atoms with Crippen molar-refractivity contribution in [3.63, 3.8) is 0 Å². The van der Waals surface area contributed by atoms with Gasteiger partial charge in [0.05, 0.1) is 5.75 Å². The Morgan fingerprint density at radius 1 is 1.30 bits per heavy atom. The van der Waals surface area contributed by atoms with E-state index in [0.717, 1.165) is 30.2 Å². The third-order valence-corrected chi connectivity index (χ3v) is 5.29. The zero-order chi connectivity index (χ0) is 17.1. The summed E-state index contributed by atoms with van der Waals surface area (Å²) >= 11 is 0. The van der Waals surface area contributed by atoms with Gasteiger partial charge in [-0.15, -0.1) is 0 Å². The molecule has 1 saturated heterocycles. The van der Waals surface area contributed by atoms with Crippen LogP contribution in [-0.4, -0.2) is 50.2 Å². The molecule has 0 atom stereocenters. The molecule has 1 aliphatic rings. The van der Waals surface area contributed by atoms with E-state index in [1.807, 2.05) is 13.0 Å². The monoisotopic (exact) mass is 341 g/mol. The lowest BCUT2D eigenvalue weighted by Gasteiger charge is -2.36. The van der Waals surface area contributed by atoms with Crippen LogP contribution in [0.3, 0.4) is 0 Å². The van der Waals surface area contributed by atoms with Crippen molar-refractivity contribution in [2.45, 2.75) is 39.5 Å². The SMILES string of the molecule is Cc1cc(NCC2(CS(C)(=O)=O)CCOCC2)nc(C(C)C)n1. The minimum absolute atomic E-state index is 0.178. The molecule has 7 heteroatoms. The van der Waals surface area contributed by atoms with E-state index in [1.54, 1.807) is 0 Å². The average molecular weight is 341 g/mol. The van der Waals surface area contributed by atoms with Gasteiger partial charge >= 0.3 is 0 Å². The molecule has 23 heavy (non-hydrogen) atoms. The highest BCUT2D eigenvalue weighted by Gasteiger charge is 2.36. The number of rotatable bonds is 6. The highest BCUT2D eigenvalue weighted by Crippen LogP contribution is 2.32. The number of sulfone groups is 1. The first-order chi connectivity index (χ1) is 10.7. The first-order valence-electron chi connectivity index (χ1n) is 8.04. The Labute approximate surface area is 139 Å². The second-order valence-electron chi connectivity index (χ2n) is 6.94. The molecule has 6 nitrogen and oxygen atoms in total. The third-order valence-electron chi connectivity index (χ3n) is 4.15. The molecule has 0 aliphatic carbocycles. The zero-order valence-electron chi connectivity index (χ0n) is 14.4. The van der Waals surface area contributed by atoms with E-state index in [0.29, 0.717) is 19.8 Å². The molecule has 0 spiro atoms. The first kappa shape index (κ1) is 18.1. The predicted octanol–water partition coefficient (Wildman–Crippen LogP) is 2.16. The van der Waals surface area contributed by atoms with E-state index in [1.165, 1.54) is 6.26 Å². The second-order valence-corrected chi connectivity index (χ2v) is 9.08. The molecule has 0 saturated carbocycles. The number of nitrogens with zero attached hydrogens (tertiary/aromatic N) is 2. The number of hydrogen-bond donors (Lipinski definition) is 1. The van der Waals surface area contributed by atoms with Gasteiger partial charge in [-0.05, 0) is 19.8 Å². The van der Waals surface area contributed by atoms with Gasteiger partial charge < -0.3 is 10.1 Å². The van der Waals surface area contributed by atoms with E-state index >= 15 is 0 Å². The second kappa shape index (κ2) is 7.13. The van der Waals surface area contributed by atoms with Crippen LogP contribution in [0.1, 0.15) is 44.1 Å². The average Bonchev–Trinajstić information content (AvgIpc) is 2.44. The number of nitrogens with one attached hydrogen (secondary N) is 1. The molecule has 2 rings (SSSR count). The van der Waals surface area contributed by atoms with Crippen LogP contribution in [0, 0.1) is 12.3 Å². The summed E-state index contributed by atoms with van der Waals surface area (Å²) in [4.78, 5) is 8.98. The Morgan fingerprint density at radius 2 is 1.96 bits per heavy atom. The fraction of sp³-hybridized carbons (Fsp3) is 0.750. The molecule has 0 radical (unpaired) electrons. The molecule has 1 fully saturated rings. The quantitative estimate of drug-likeness (QED) is 0.854. The number of ether oxygens (including phenoxy) is 1. The van der Waals surface area contributed by atoms with Gasteiger partial charge in [0.1, 0.15) is 21.5 Å². The van der Waals surface area contributed by atoms with Crippen molar-refractivity contribution in [2.24, 2.45) is 5.41 Å². The maximum atomic E-state index is 11.8. The van der Waals surface area contributed by atoms with Gasteiger partial charge in [-0.3, -0.25) is 0 Å². The summed E-state index contributed by atoms with van der Waals surface area (Å²) in [7, 11) is -3.04. The number of aromatic nitrogens is 2. The van der Waals surface area contributed by atoms with Crippen LogP contribution in [0.5, 0.6) is 0 Å². The molecular weight excluding hydrogens is 314 g/mol. The third kappa shape index (κ3) is 5.42. The molecule has 1 N–H and O–H groups in total. The maximum Gasteiger partial charge on any atom is 0.148 e. The number of hydrogen-bond acceptors (Lipinski definition) is 6. The lowest BCUT2D eigenvalue weighted by atomic mass is 9.82. The van der Waals surface area contributed by atoms with Crippen LogP contribution in [-0.2, 0) is 14.6 Å². The van der Waals surface area contributed by atoms with Crippen molar-refractivity contribution in [2.75, 3.05) is 37.1 Å². The van der Waals surface area contributed by atoms with Gasteiger partial charge in [0.2, 0.25) is 0 Å². The summed E-state index contributed by atoms with van der Waals surface area (Å²) in [5.74, 6) is 2.00. The van der Waals surface area contributed by atoms with Gasteiger partial charge in [0.25, 0.3) is 0 Å². The molecule has 0 bridgehead atoms. The standard InChI is InChI=1S/C16H27N3O3S/c1-12(2)15-18-13(3)9-14(19-15)17-10-16(11-23(4,20)21)5-7-22-8-6-16/h9,12H,5-8,10-11H2,1-4H3,(H,17,18,19). The van der Waals surface area contributed by atoms with Crippen LogP contribution in [0.4, 0.5) is 5.82 Å². The van der Waals surface area contributed by atoms with Gasteiger partial charge in [0, 0.05) is 49.1 Å². The Kier molecular flexibility index (Phi) is 5.62. The van der Waals surface area contributed by atoms with Gasteiger partial charge in [-0.1, -0.05) is 13.8 Å². The van der Waals surface area contributed by atoms with Gasteiger partial charge in [0.15, 0.2) is 0 Å². The van der Waals surface area contributed by atoms with E-state index in [2.05, 4.69) is 29.1 Å². The Balaban J connectivity index is 2.15. The summed E-state index contributed by atoms with van der Waals surface area (Å²) in [6.07, 6.45) is 2.79. The van der Waals surface area contributed by atoms with Gasteiger partial charge in [-0.2, -0.15) is 0 Å². The van der Waals surface area contributed by atoms with E-state index in [4.69, 9.17) is 4.74 Å². The summed E-state index contributed by atoms with van der Waals surface area (Å²) in [6.45, 7) is 7.86. The van der Waals surface area contributed by atoms with Crippen molar-refractivity contribution in [3.05, 3.63) is 17.6 Å². The van der Waals surface area contributed by atoms with Crippen LogP contribution >= 0.6 is 0 Å². The lowest BCUT2D eigenvalue weighted by molar-refractivity contribution is 0.0315. The largest absolute Gasteiger partial charge is 0.381 e. The minimum Gasteiger partial charge on any atom is -0.381 e. The maximum absolute atomic E-state index is 11.8. The molecule has 0 amide bonds. The Morgan fingerprint density at radius 3 is 2.52 bits per heavy atom. The van der Waals surface area contributed by atoms with Crippen molar-refractivity contribution in [1.29, 1.82) is 0 Å². The topological polar surface area (TPSA) is 81.2 Å². The molecule has 0 unspecified atom stereocenters. The summed E-state index contributed by atoms with van der Waals surface area (Å²) in [5.41, 5.74) is 0.623. The van der Waals surface area contributed by atoms with E-state index in [9.17, 15) is 8.42 Å². The molecule has 0 aromatic carbocycles. The van der Waals surface area contributed by atoms with Crippen LogP contribution in [0.25, 0.3) is 0 Å². The highest BCUT2D eigenvalue weighted by molar-refractivity contribution is 7.90. The van der Waals surface area contributed by atoms with E-state index in [-0.39, 0.29) is 17.1 Å². The predicted molar refractivity (Wildman–Crippen MR) is 91.5 cm³/mol. The fourth-order valence-corrected chi connectivity index (χ4v) is 4.45. The van der Waals surface area contributed by atoms with Crippen LogP contribution in [0.2, 0.25) is 0 Å². The smallest absolute Gasteiger partial charge is 0.148 e. The first-order valence-corrected chi connectivity index (χ1v) is 10.1. The molecule has 1 aromatic heterocycles. The lowest BCUT2D eigenvalue weighted by Crippen LogP contribution is -2.41. The number of aryl methyl sites for hydroxylation is 1. The highest BCUT2D eigenvalue weighted by atomic mass is 32.2. The molecule has 1 aliphatic heterocycles. The summed E-state index contributed by atoms with van der Waals surface area (Å²) in [5, 5.41) is 3.34. The molecule has 2 heterocycles. The zero-order valence-corrected chi connectivity index (χ0v) is 15.2. The van der Waals surface area contributed by atoms with Crippen LogP contribution < -0.4 is 5.32 Å². The minimum atomic E-state index is -3.04. The Hall–Kier alpha value is -1.21. The number of anilines is 1. The van der Waals surface area contributed by atoms with Crippen molar-refractivity contribution in [1.82, 2.24) is 9.97 Å². The molecule has 130 valence electrons. The Bertz CT molecular complexity index is 638. The van der Waals surface area contributed by atoms with Crippen LogP contribution in [0.15, 0.2) is 6.07 Å². The summed E-state index contributed by atoms with van der Waals surface area (Å²) < 4.78 is 29.1. The fourth-order valence-electron chi connectivity index (χ4n) is 2.95. The molecule has 1 aromatic rings. The van der Waals surface area contributed by atoms with Crippen molar-refractivity contribution >= 4 is 15.7 Å². The van der Waals surface area contributed by atoms with Crippen molar-refractivity contribution in [3.8, 4) is 0 Å². The van der Waals surface area contributed by atoms with Gasteiger partial charge in [-0.25, -0.2) is 18.4 Å². The summed E-state index contributed by atoms with van der Waals surface area (Å²) in [6, 6.07) is 1.90. The molecular formula is C16H27N3O3S. The van der Waals surface area contributed by atoms with E-state index < -0.39 is 9.84 Å².